The van der Waals surface area contributed by atoms with Crippen LogP contribution in [0.25, 0.3) is 11.1 Å². The number of likely N-dealkylation sites (tertiary alicyclic amines) is 1. The topological polar surface area (TPSA) is 60.2 Å². The summed E-state index contributed by atoms with van der Waals surface area (Å²) in [6.07, 6.45) is 4.79. The Morgan fingerprint density at radius 1 is 1.21 bits per heavy atom. The number of aromatic nitrogens is 3. The molecule has 0 saturated carbocycles. The van der Waals surface area contributed by atoms with Crippen LogP contribution in [0.2, 0.25) is 0 Å². The van der Waals surface area contributed by atoms with Crippen LogP contribution in [-0.2, 0) is 7.05 Å². The van der Waals surface area contributed by atoms with Gasteiger partial charge >= 0.3 is 0 Å². The van der Waals surface area contributed by atoms with Crippen molar-refractivity contribution in [1.82, 2.24) is 19.7 Å². The van der Waals surface area contributed by atoms with Crippen molar-refractivity contribution in [3.8, 4) is 16.9 Å². The molecule has 1 aliphatic heterocycles. The third-order valence-electron chi connectivity index (χ3n) is 5.22. The molecule has 1 saturated heterocycles. The maximum atomic E-state index is 12.9. The van der Waals surface area contributed by atoms with E-state index in [4.69, 9.17) is 9.72 Å². The lowest BCUT2D eigenvalue weighted by atomic mass is 10.00. The molecule has 1 aromatic carbocycles. The minimum absolute atomic E-state index is 0.0431. The SMILES string of the molecule is COc1cccc(C(=O)N2CC[C@H](c3cc(-c4cnn(C)c4)cc(C)n3)C2)c1. The van der Waals surface area contributed by atoms with Crippen molar-refractivity contribution in [2.45, 2.75) is 19.3 Å². The molecule has 0 bridgehead atoms. The number of pyridine rings is 1. The second-order valence-corrected chi connectivity index (χ2v) is 7.29. The summed E-state index contributed by atoms with van der Waals surface area (Å²) in [6.45, 7) is 3.43. The summed E-state index contributed by atoms with van der Waals surface area (Å²) in [7, 11) is 3.52. The number of methoxy groups -OCH3 is 1. The molecule has 0 unspecified atom stereocenters. The second-order valence-electron chi connectivity index (χ2n) is 7.29. The van der Waals surface area contributed by atoms with E-state index in [1.165, 1.54) is 0 Å². The lowest BCUT2D eigenvalue weighted by molar-refractivity contribution is 0.0790. The zero-order valence-corrected chi connectivity index (χ0v) is 16.4. The van der Waals surface area contributed by atoms with Crippen molar-refractivity contribution in [2.24, 2.45) is 7.05 Å². The summed E-state index contributed by atoms with van der Waals surface area (Å²) in [4.78, 5) is 19.6. The van der Waals surface area contributed by atoms with E-state index in [0.29, 0.717) is 17.9 Å². The van der Waals surface area contributed by atoms with Crippen LogP contribution in [0.4, 0.5) is 0 Å². The van der Waals surface area contributed by atoms with Crippen LogP contribution in [0.15, 0.2) is 48.8 Å². The second kappa shape index (κ2) is 7.46. The number of carbonyl (C=O) groups excluding carboxylic acids is 1. The molecule has 144 valence electrons. The Hall–Kier alpha value is -3.15. The molecule has 3 aromatic rings. The van der Waals surface area contributed by atoms with E-state index < -0.39 is 0 Å². The predicted octanol–water partition coefficient (Wildman–Crippen LogP) is 3.43. The van der Waals surface area contributed by atoms with Crippen molar-refractivity contribution in [1.29, 1.82) is 0 Å². The fraction of sp³-hybridized carbons (Fsp3) is 0.318. The molecule has 3 heterocycles. The van der Waals surface area contributed by atoms with Crippen LogP contribution in [0.5, 0.6) is 5.75 Å². The van der Waals surface area contributed by atoms with Crippen molar-refractivity contribution in [3.63, 3.8) is 0 Å². The highest BCUT2D eigenvalue weighted by molar-refractivity contribution is 5.94. The zero-order chi connectivity index (χ0) is 19.7. The maximum Gasteiger partial charge on any atom is 0.254 e. The number of ether oxygens (including phenoxy) is 1. The molecule has 0 aliphatic carbocycles. The summed E-state index contributed by atoms with van der Waals surface area (Å²) >= 11 is 0. The Labute approximate surface area is 164 Å². The summed E-state index contributed by atoms with van der Waals surface area (Å²) in [5.74, 6) is 0.981. The van der Waals surface area contributed by atoms with Crippen LogP contribution >= 0.6 is 0 Å². The van der Waals surface area contributed by atoms with Gasteiger partial charge in [-0.2, -0.15) is 5.10 Å². The van der Waals surface area contributed by atoms with Gasteiger partial charge in [0.1, 0.15) is 5.75 Å². The molecule has 6 nitrogen and oxygen atoms in total. The van der Waals surface area contributed by atoms with Gasteiger partial charge < -0.3 is 9.64 Å². The summed E-state index contributed by atoms with van der Waals surface area (Å²) in [5, 5.41) is 4.27. The van der Waals surface area contributed by atoms with E-state index in [9.17, 15) is 4.79 Å². The van der Waals surface area contributed by atoms with Gasteiger partial charge in [0.25, 0.3) is 5.91 Å². The number of aryl methyl sites for hydroxylation is 2. The minimum Gasteiger partial charge on any atom is -0.497 e. The quantitative estimate of drug-likeness (QED) is 0.700. The largest absolute Gasteiger partial charge is 0.497 e. The lowest BCUT2D eigenvalue weighted by Gasteiger charge is -2.17. The van der Waals surface area contributed by atoms with Crippen LogP contribution in [0.3, 0.4) is 0 Å². The Balaban J connectivity index is 1.54. The Morgan fingerprint density at radius 2 is 2.07 bits per heavy atom. The van der Waals surface area contributed by atoms with Crippen molar-refractivity contribution >= 4 is 5.91 Å². The third-order valence-corrected chi connectivity index (χ3v) is 5.22. The zero-order valence-electron chi connectivity index (χ0n) is 16.4. The molecule has 2 aromatic heterocycles. The predicted molar refractivity (Wildman–Crippen MR) is 107 cm³/mol. The minimum atomic E-state index is 0.0431. The first-order valence-electron chi connectivity index (χ1n) is 9.44. The summed E-state index contributed by atoms with van der Waals surface area (Å²) in [5.41, 5.74) is 4.88. The number of carbonyl (C=O) groups is 1. The van der Waals surface area contributed by atoms with Gasteiger partial charge in [0.15, 0.2) is 0 Å². The van der Waals surface area contributed by atoms with Gasteiger partial charge in [0.2, 0.25) is 0 Å². The van der Waals surface area contributed by atoms with Crippen molar-refractivity contribution in [3.05, 3.63) is 65.7 Å². The number of amides is 1. The highest BCUT2D eigenvalue weighted by Crippen LogP contribution is 2.30. The van der Waals surface area contributed by atoms with Crippen LogP contribution < -0.4 is 4.74 Å². The van der Waals surface area contributed by atoms with E-state index in [-0.39, 0.29) is 11.8 Å². The molecular formula is C22H24N4O2. The van der Waals surface area contributed by atoms with Crippen LogP contribution in [0.1, 0.15) is 34.1 Å². The van der Waals surface area contributed by atoms with Gasteiger partial charge in [-0.15, -0.1) is 0 Å². The smallest absolute Gasteiger partial charge is 0.254 e. The highest BCUT2D eigenvalue weighted by Gasteiger charge is 2.29. The summed E-state index contributed by atoms with van der Waals surface area (Å²) in [6, 6.07) is 11.5. The molecule has 1 aliphatic rings. The van der Waals surface area contributed by atoms with E-state index in [1.54, 1.807) is 17.9 Å². The molecule has 0 radical (unpaired) electrons. The first-order valence-corrected chi connectivity index (χ1v) is 9.44. The molecule has 28 heavy (non-hydrogen) atoms. The molecule has 4 rings (SSSR count). The van der Waals surface area contributed by atoms with Gasteiger partial charge in [-0.1, -0.05) is 6.07 Å². The van der Waals surface area contributed by atoms with Gasteiger partial charge in [0.05, 0.1) is 13.3 Å². The van der Waals surface area contributed by atoms with Crippen LogP contribution in [0, 0.1) is 6.92 Å². The first-order chi connectivity index (χ1) is 13.5. The maximum absolute atomic E-state index is 12.9. The Morgan fingerprint density at radius 3 is 2.82 bits per heavy atom. The number of hydrogen-bond acceptors (Lipinski definition) is 4. The number of benzene rings is 1. The third kappa shape index (κ3) is 3.63. The molecular weight excluding hydrogens is 352 g/mol. The van der Waals surface area contributed by atoms with Gasteiger partial charge in [0, 0.05) is 54.8 Å². The fourth-order valence-electron chi connectivity index (χ4n) is 3.77. The molecule has 6 heteroatoms. The fourth-order valence-corrected chi connectivity index (χ4v) is 3.77. The molecule has 1 amide bonds. The summed E-state index contributed by atoms with van der Waals surface area (Å²) < 4.78 is 7.04. The number of nitrogens with zero attached hydrogens (tertiary/aromatic N) is 4. The number of rotatable bonds is 4. The van der Waals surface area contributed by atoms with E-state index in [1.807, 2.05) is 49.5 Å². The molecule has 0 N–H and O–H groups in total. The average Bonchev–Trinajstić information content (AvgIpc) is 3.36. The Bertz CT molecular complexity index is 1010. The van der Waals surface area contributed by atoms with Gasteiger partial charge in [-0.05, 0) is 49.2 Å². The number of hydrogen-bond donors (Lipinski definition) is 0. The van der Waals surface area contributed by atoms with Crippen LogP contribution in [-0.4, -0.2) is 45.8 Å². The molecule has 1 fully saturated rings. The normalized spacial score (nSPS) is 16.4. The van der Waals surface area contributed by atoms with E-state index in [2.05, 4.69) is 17.2 Å². The van der Waals surface area contributed by atoms with Crippen molar-refractivity contribution < 1.29 is 9.53 Å². The highest BCUT2D eigenvalue weighted by atomic mass is 16.5. The standard InChI is InChI=1S/C22H24N4O2/c1-15-9-18(19-12-23-25(2)13-19)11-21(24-15)17-7-8-26(14-17)22(27)16-5-4-6-20(10-16)28-3/h4-6,9-13,17H,7-8,14H2,1-3H3/t17-/m0/s1. The van der Waals surface area contributed by atoms with Gasteiger partial charge in [-0.3, -0.25) is 14.5 Å². The Kier molecular flexibility index (Phi) is 4.86. The monoisotopic (exact) mass is 376 g/mol. The van der Waals surface area contributed by atoms with E-state index in [0.717, 1.165) is 35.5 Å². The van der Waals surface area contributed by atoms with E-state index >= 15 is 0 Å². The first kappa shape index (κ1) is 18.2. The van der Waals surface area contributed by atoms with Crippen molar-refractivity contribution in [2.75, 3.05) is 20.2 Å². The molecule has 0 spiro atoms. The molecule has 1 atom stereocenters. The average molecular weight is 376 g/mol. The lowest BCUT2D eigenvalue weighted by Crippen LogP contribution is -2.28. The van der Waals surface area contributed by atoms with Gasteiger partial charge in [-0.25, -0.2) is 0 Å².